The van der Waals surface area contributed by atoms with Gasteiger partial charge in [-0.15, -0.1) is 0 Å². The lowest BCUT2D eigenvalue weighted by molar-refractivity contribution is -0.141. The van der Waals surface area contributed by atoms with Crippen LogP contribution in [-0.2, 0) is 34.1 Å². The van der Waals surface area contributed by atoms with Crippen LogP contribution in [0.5, 0.6) is 5.75 Å². The van der Waals surface area contributed by atoms with Gasteiger partial charge >= 0.3 is 6.18 Å². The number of sulfonamides is 1. The van der Waals surface area contributed by atoms with E-state index in [4.69, 9.17) is 4.74 Å². The molecule has 0 bridgehead atoms. The number of nitrogens with one attached hydrogen (secondary N) is 2. The first kappa shape index (κ1) is 29.1. The Morgan fingerprint density at radius 1 is 1.08 bits per heavy atom. The normalized spacial score (nSPS) is 12.7. The van der Waals surface area contributed by atoms with Crippen LogP contribution in [0.1, 0.15) is 42.1 Å². The van der Waals surface area contributed by atoms with Crippen molar-refractivity contribution in [3.05, 3.63) is 82.8 Å². The van der Waals surface area contributed by atoms with Crippen LogP contribution in [-0.4, -0.2) is 32.2 Å². The van der Waals surface area contributed by atoms with Gasteiger partial charge < -0.3 is 10.1 Å². The maximum absolute atomic E-state index is 14.5. The van der Waals surface area contributed by atoms with Gasteiger partial charge in [0.1, 0.15) is 17.3 Å². The van der Waals surface area contributed by atoms with Crippen LogP contribution < -0.4 is 14.8 Å². The molecule has 0 aliphatic carbocycles. The zero-order valence-corrected chi connectivity index (χ0v) is 21.7. The number of carbonyl (C=O) groups excluding carboxylic acids is 1. The Balaban J connectivity index is 1.88. The van der Waals surface area contributed by atoms with Crippen molar-refractivity contribution in [3.8, 4) is 17.0 Å². The fraction of sp³-hybridized carbons (Fsp3) is 0.308. The van der Waals surface area contributed by atoms with Gasteiger partial charge in [0.2, 0.25) is 15.9 Å². The van der Waals surface area contributed by atoms with Crippen LogP contribution in [0.4, 0.5) is 17.6 Å². The summed E-state index contributed by atoms with van der Waals surface area (Å²) in [6, 6.07) is 12.6. The summed E-state index contributed by atoms with van der Waals surface area (Å²) in [6.45, 7) is 3.16. The number of alkyl halides is 3. The highest BCUT2D eigenvalue weighted by Gasteiger charge is 2.33. The minimum absolute atomic E-state index is 0.0187. The van der Waals surface area contributed by atoms with E-state index in [-0.39, 0.29) is 29.9 Å². The van der Waals surface area contributed by atoms with Gasteiger partial charge in [0, 0.05) is 24.2 Å². The van der Waals surface area contributed by atoms with Crippen LogP contribution in [0.15, 0.2) is 54.6 Å². The molecule has 12 heteroatoms. The zero-order chi connectivity index (χ0) is 28.1. The number of amides is 1. The van der Waals surface area contributed by atoms with E-state index < -0.39 is 39.5 Å². The first-order chi connectivity index (χ1) is 17.8. The Hall–Kier alpha value is -3.51. The Bertz CT molecular complexity index is 1410. The summed E-state index contributed by atoms with van der Waals surface area (Å²) < 4.78 is 85.3. The second-order valence-electron chi connectivity index (χ2n) is 8.50. The van der Waals surface area contributed by atoms with E-state index in [0.29, 0.717) is 23.5 Å². The summed E-state index contributed by atoms with van der Waals surface area (Å²) in [4.78, 5) is 16.8. The van der Waals surface area contributed by atoms with Crippen molar-refractivity contribution < 1.29 is 35.5 Å². The molecule has 0 saturated carbocycles. The van der Waals surface area contributed by atoms with Crippen molar-refractivity contribution in [2.24, 2.45) is 0 Å². The van der Waals surface area contributed by atoms with Crippen molar-refractivity contribution in [1.29, 1.82) is 0 Å². The van der Waals surface area contributed by atoms with E-state index >= 15 is 0 Å². The fourth-order valence-corrected chi connectivity index (χ4v) is 4.19. The van der Waals surface area contributed by atoms with E-state index in [1.807, 2.05) is 0 Å². The summed E-state index contributed by atoms with van der Waals surface area (Å²) >= 11 is 0. The molecular weight excluding hydrogens is 526 g/mol. The van der Waals surface area contributed by atoms with Crippen molar-refractivity contribution in [2.75, 3.05) is 12.9 Å². The SMILES string of the molecule is CCOc1cccc(-c2nc(C(F)(F)F)ccc2CNC(=O)C(C)c2cccc(F)c2CNS(C)(=O)=O)c1. The quantitative estimate of drug-likeness (QED) is 0.353. The lowest BCUT2D eigenvalue weighted by Crippen LogP contribution is -2.29. The molecule has 1 aromatic heterocycles. The fourth-order valence-electron chi connectivity index (χ4n) is 3.79. The van der Waals surface area contributed by atoms with Gasteiger partial charge in [0.25, 0.3) is 0 Å². The number of carbonyl (C=O) groups is 1. The molecule has 0 saturated heterocycles. The van der Waals surface area contributed by atoms with E-state index in [1.54, 1.807) is 31.2 Å². The van der Waals surface area contributed by atoms with Crippen LogP contribution in [0.2, 0.25) is 0 Å². The molecule has 3 aromatic rings. The Kier molecular flexibility index (Phi) is 9.10. The Morgan fingerprint density at radius 3 is 2.45 bits per heavy atom. The number of hydrogen-bond donors (Lipinski definition) is 2. The molecule has 1 unspecified atom stereocenters. The number of aromatic nitrogens is 1. The van der Waals surface area contributed by atoms with Crippen LogP contribution in [0, 0.1) is 5.82 Å². The minimum Gasteiger partial charge on any atom is -0.494 e. The number of nitrogens with zero attached hydrogens (tertiary/aromatic N) is 1. The molecule has 0 aliphatic heterocycles. The highest BCUT2D eigenvalue weighted by atomic mass is 32.2. The largest absolute Gasteiger partial charge is 0.494 e. The average Bonchev–Trinajstić information content (AvgIpc) is 2.85. The number of benzene rings is 2. The predicted molar refractivity (Wildman–Crippen MR) is 134 cm³/mol. The van der Waals surface area contributed by atoms with Gasteiger partial charge in [-0.1, -0.05) is 30.3 Å². The van der Waals surface area contributed by atoms with E-state index in [9.17, 15) is 30.8 Å². The lowest BCUT2D eigenvalue weighted by Gasteiger charge is -2.18. The van der Waals surface area contributed by atoms with Gasteiger partial charge in [0.05, 0.1) is 24.5 Å². The third-order valence-electron chi connectivity index (χ3n) is 5.67. The van der Waals surface area contributed by atoms with Gasteiger partial charge in [-0.25, -0.2) is 22.5 Å². The topological polar surface area (TPSA) is 97.4 Å². The number of pyridine rings is 1. The predicted octanol–water partition coefficient (Wildman–Crippen LogP) is 4.77. The highest BCUT2D eigenvalue weighted by molar-refractivity contribution is 7.88. The number of hydrogen-bond acceptors (Lipinski definition) is 5. The molecule has 0 aliphatic rings. The third-order valence-corrected chi connectivity index (χ3v) is 6.34. The van der Waals surface area contributed by atoms with Crippen molar-refractivity contribution >= 4 is 15.9 Å². The maximum Gasteiger partial charge on any atom is 0.433 e. The van der Waals surface area contributed by atoms with Crippen LogP contribution in [0.25, 0.3) is 11.3 Å². The van der Waals surface area contributed by atoms with Crippen molar-refractivity contribution in [2.45, 2.75) is 39.0 Å². The molecule has 0 spiro atoms. The molecule has 0 fully saturated rings. The second kappa shape index (κ2) is 11.9. The third kappa shape index (κ3) is 7.51. The lowest BCUT2D eigenvalue weighted by atomic mass is 9.94. The monoisotopic (exact) mass is 553 g/mol. The molecule has 7 nitrogen and oxygen atoms in total. The molecule has 0 radical (unpaired) electrons. The molecular formula is C26H27F4N3O4S. The Labute approximate surface area is 218 Å². The van der Waals surface area contributed by atoms with Gasteiger partial charge in [-0.05, 0) is 49.2 Å². The van der Waals surface area contributed by atoms with E-state index in [1.165, 1.54) is 25.1 Å². The number of ether oxygens (including phenoxy) is 1. The molecule has 1 atom stereocenters. The standard InChI is InChI=1S/C26H27F4N3O4S/c1-4-37-19-8-5-7-17(13-19)24-18(11-12-23(33-24)26(28,29)30)14-31-25(34)16(2)20-9-6-10-22(27)21(20)15-32-38(3,35)36/h5-13,16,32H,4,14-15H2,1-3H3,(H,31,34). The zero-order valence-electron chi connectivity index (χ0n) is 20.9. The van der Waals surface area contributed by atoms with Crippen LogP contribution in [0.3, 0.4) is 0 Å². The van der Waals surface area contributed by atoms with Gasteiger partial charge in [-0.3, -0.25) is 4.79 Å². The minimum atomic E-state index is -4.67. The Morgan fingerprint density at radius 2 is 1.79 bits per heavy atom. The van der Waals surface area contributed by atoms with Gasteiger partial charge in [0.15, 0.2) is 0 Å². The summed E-state index contributed by atoms with van der Waals surface area (Å²) in [5.41, 5.74) is -0.0679. The molecule has 204 valence electrons. The summed E-state index contributed by atoms with van der Waals surface area (Å²) in [6.07, 6.45) is -3.74. The first-order valence-electron chi connectivity index (χ1n) is 11.6. The molecule has 2 N–H and O–H groups in total. The van der Waals surface area contributed by atoms with Gasteiger partial charge in [-0.2, -0.15) is 13.2 Å². The van der Waals surface area contributed by atoms with Crippen molar-refractivity contribution in [3.63, 3.8) is 0 Å². The first-order valence-corrected chi connectivity index (χ1v) is 13.5. The molecule has 1 heterocycles. The summed E-state index contributed by atoms with van der Waals surface area (Å²) in [5, 5.41) is 2.67. The second-order valence-corrected chi connectivity index (χ2v) is 10.3. The van der Waals surface area contributed by atoms with E-state index in [0.717, 1.165) is 18.4 Å². The van der Waals surface area contributed by atoms with Crippen LogP contribution >= 0.6 is 0 Å². The van der Waals surface area contributed by atoms with E-state index in [2.05, 4.69) is 15.0 Å². The molecule has 3 rings (SSSR count). The molecule has 1 amide bonds. The smallest absolute Gasteiger partial charge is 0.433 e. The summed E-state index contributed by atoms with van der Waals surface area (Å²) in [7, 11) is -3.61. The number of halogens is 4. The number of rotatable bonds is 10. The van der Waals surface area contributed by atoms with Crippen molar-refractivity contribution in [1.82, 2.24) is 15.0 Å². The maximum atomic E-state index is 14.5. The molecule has 2 aromatic carbocycles. The molecule has 38 heavy (non-hydrogen) atoms. The summed E-state index contributed by atoms with van der Waals surface area (Å²) in [5.74, 6) is -1.66. The average molecular weight is 554 g/mol. The highest BCUT2D eigenvalue weighted by Crippen LogP contribution is 2.32.